The van der Waals surface area contributed by atoms with Gasteiger partial charge in [0.25, 0.3) is 5.91 Å². The fraction of sp³-hybridized carbons (Fsp3) is 0.429. The summed E-state index contributed by atoms with van der Waals surface area (Å²) in [5, 5.41) is 2.97. The predicted octanol–water partition coefficient (Wildman–Crippen LogP) is 4.62. The summed E-state index contributed by atoms with van der Waals surface area (Å²) in [6, 6.07) is 9.99. The summed E-state index contributed by atoms with van der Waals surface area (Å²) >= 11 is 0. The molecule has 4 nitrogen and oxygen atoms in total. The van der Waals surface area contributed by atoms with Gasteiger partial charge in [-0.1, -0.05) is 32.9 Å². The maximum Gasteiger partial charge on any atom is 0.257 e. The predicted molar refractivity (Wildman–Crippen MR) is 103 cm³/mol. The molecule has 1 amide bonds. The zero-order valence-corrected chi connectivity index (χ0v) is 15.4. The van der Waals surface area contributed by atoms with E-state index in [0.717, 1.165) is 24.5 Å². The maximum atomic E-state index is 12.6. The van der Waals surface area contributed by atoms with Crippen LogP contribution in [-0.4, -0.2) is 24.0 Å². The molecule has 0 aliphatic carbocycles. The zero-order valence-electron chi connectivity index (χ0n) is 15.4. The number of nitrogens with zero attached hydrogens (tertiary/aromatic N) is 2. The molecular weight excluding hydrogens is 310 g/mol. The lowest BCUT2D eigenvalue weighted by Crippen LogP contribution is -2.29. The van der Waals surface area contributed by atoms with Crippen LogP contribution in [0.4, 0.5) is 11.4 Å². The van der Waals surface area contributed by atoms with Crippen LogP contribution < -0.4 is 10.2 Å². The molecule has 2 heterocycles. The molecule has 25 heavy (non-hydrogen) atoms. The Kier molecular flexibility index (Phi) is 5.07. The number of carbonyl (C=O) groups is 1. The van der Waals surface area contributed by atoms with E-state index in [1.165, 1.54) is 24.8 Å². The summed E-state index contributed by atoms with van der Waals surface area (Å²) in [5.41, 5.74) is 3.80. The first-order chi connectivity index (χ1) is 11.9. The van der Waals surface area contributed by atoms with Crippen molar-refractivity contribution in [1.29, 1.82) is 0 Å². The van der Waals surface area contributed by atoms with Gasteiger partial charge in [0.05, 0.1) is 17.4 Å². The number of rotatable bonds is 3. The van der Waals surface area contributed by atoms with Crippen molar-refractivity contribution in [2.45, 2.75) is 45.4 Å². The molecule has 0 spiro atoms. The highest BCUT2D eigenvalue weighted by Gasteiger charge is 2.15. The van der Waals surface area contributed by atoms with E-state index in [1.54, 1.807) is 6.20 Å². The molecule has 1 aromatic heterocycles. The summed E-state index contributed by atoms with van der Waals surface area (Å²) in [4.78, 5) is 19.1. The average molecular weight is 337 g/mol. The standard InChI is InChI=1S/C21H27N3O/c1-21(2,3)17-7-9-18(10-8-17)23-20(25)16-13-19(15-22-14-16)24-11-5-4-6-12-24/h7-10,13-15H,4-6,11-12H2,1-3H3,(H,23,25). The van der Waals surface area contributed by atoms with Crippen molar-refractivity contribution < 1.29 is 4.79 Å². The largest absolute Gasteiger partial charge is 0.370 e. The van der Waals surface area contributed by atoms with Crippen molar-refractivity contribution in [3.05, 3.63) is 53.9 Å². The molecule has 2 aromatic rings. The third-order valence-corrected chi connectivity index (χ3v) is 4.72. The molecule has 0 saturated carbocycles. The summed E-state index contributed by atoms with van der Waals surface area (Å²) < 4.78 is 0. The Bertz CT molecular complexity index is 726. The normalized spacial score (nSPS) is 15.1. The van der Waals surface area contributed by atoms with Crippen LogP contribution in [0.25, 0.3) is 0 Å². The summed E-state index contributed by atoms with van der Waals surface area (Å²) in [6.45, 7) is 8.62. The monoisotopic (exact) mass is 337 g/mol. The van der Waals surface area contributed by atoms with Crippen LogP contribution in [0.15, 0.2) is 42.7 Å². The number of amides is 1. The topological polar surface area (TPSA) is 45.2 Å². The third-order valence-electron chi connectivity index (χ3n) is 4.72. The van der Waals surface area contributed by atoms with Crippen LogP contribution in [0.5, 0.6) is 0 Å². The fourth-order valence-electron chi connectivity index (χ4n) is 3.13. The van der Waals surface area contributed by atoms with E-state index in [1.807, 2.05) is 24.4 Å². The van der Waals surface area contributed by atoms with Crippen LogP contribution in [-0.2, 0) is 5.41 Å². The van der Waals surface area contributed by atoms with Gasteiger partial charge in [-0.05, 0) is 48.4 Å². The molecule has 0 radical (unpaired) electrons. The van der Waals surface area contributed by atoms with Crippen LogP contribution in [0.3, 0.4) is 0 Å². The molecule has 1 saturated heterocycles. The van der Waals surface area contributed by atoms with Gasteiger partial charge in [-0.2, -0.15) is 0 Å². The number of nitrogens with one attached hydrogen (secondary N) is 1. The highest BCUT2D eigenvalue weighted by atomic mass is 16.1. The van der Waals surface area contributed by atoms with Crippen LogP contribution in [0.1, 0.15) is 56.0 Å². The summed E-state index contributed by atoms with van der Waals surface area (Å²) in [7, 11) is 0. The van der Waals surface area contributed by atoms with Gasteiger partial charge in [0.2, 0.25) is 0 Å². The van der Waals surface area contributed by atoms with Crippen LogP contribution >= 0.6 is 0 Å². The average Bonchev–Trinajstić information content (AvgIpc) is 2.62. The van der Waals surface area contributed by atoms with Crippen molar-refractivity contribution in [2.24, 2.45) is 0 Å². The second kappa shape index (κ2) is 7.26. The van der Waals surface area contributed by atoms with Gasteiger partial charge in [-0.25, -0.2) is 0 Å². The Morgan fingerprint density at radius 1 is 1.04 bits per heavy atom. The minimum absolute atomic E-state index is 0.106. The molecule has 0 bridgehead atoms. The number of piperidine rings is 1. The van der Waals surface area contributed by atoms with Gasteiger partial charge in [0, 0.05) is 25.0 Å². The number of carbonyl (C=O) groups excluding carboxylic acids is 1. The second-order valence-electron chi connectivity index (χ2n) is 7.76. The number of hydrogen-bond donors (Lipinski definition) is 1. The smallest absolute Gasteiger partial charge is 0.257 e. The third kappa shape index (κ3) is 4.38. The lowest BCUT2D eigenvalue weighted by molar-refractivity contribution is 0.102. The van der Waals surface area contributed by atoms with Crippen molar-refractivity contribution in [3.63, 3.8) is 0 Å². The van der Waals surface area contributed by atoms with Gasteiger partial charge in [0.15, 0.2) is 0 Å². The van der Waals surface area contributed by atoms with Gasteiger partial charge in [0.1, 0.15) is 0 Å². The highest BCUT2D eigenvalue weighted by Crippen LogP contribution is 2.24. The molecule has 3 rings (SSSR count). The molecule has 1 N–H and O–H groups in total. The molecule has 1 aromatic carbocycles. The van der Waals surface area contributed by atoms with E-state index in [-0.39, 0.29) is 11.3 Å². The van der Waals surface area contributed by atoms with Crippen molar-refractivity contribution >= 4 is 17.3 Å². The molecule has 0 atom stereocenters. The van der Waals surface area contributed by atoms with E-state index in [9.17, 15) is 4.79 Å². The number of anilines is 2. The minimum Gasteiger partial charge on any atom is -0.370 e. The quantitative estimate of drug-likeness (QED) is 0.889. The van der Waals surface area contributed by atoms with Gasteiger partial charge in [-0.3, -0.25) is 9.78 Å². The van der Waals surface area contributed by atoms with E-state index in [0.29, 0.717) is 5.56 Å². The number of hydrogen-bond acceptors (Lipinski definition) is 3. The first kappa shape index (κ1) is 17.5. The minimum atomic E-state index is -0.116. The first-order valence-corrected chi connectivity index (χ1v) is 9.05. The fourth-order valence-corrected chi connectivity index (χ4v) is 3.13. The lowest BCUT2D eigenvalue weighted by atomic mass is 9.87. The van der Waals surface area contributed by atoms with Gasteiger partial charge in [-0.15, -0.1) is 0 Å². The summed E-state index contributed by atoms with van der Waals surface area (Å²) in [6.07, 6.45) is 7.17. The SMILES string of the molecule is CC(C)(C)c1ccc(NC(=O)c2cncc(N3CCCCC3)c2)cc1. The number of benzene rings is 1. The zero-order chi connectivity index (χ0) is 17.9. The summed E-state index contributed by atoms with van der Waals surface area (Å²) in [5.74, 6) is -0.116. The van der Waals surface area contributed by atoms with E-state index < -0.39 is 0 Å². The van der Waals surface area contributed by atoms with Crippen LogP contribution in [0, 0.1) is 0 Å². The molecule has 4 heteroatoms. The highest BCUT2D eigenvalue weighted by molar-refractivity contribution is 6.04. The van der Waals surface area contributed by atoms with Crippen molar-refractivity contribution in [1.82, 2.24) is 4.98 Å². The molecule has 1 aliphatic rings. The lowest BCUT2D eigenvalue weighted by Gasteiger charge is -2.28. The van der Waals surface area contributed by atoms with Crippen molar-refractivity contribution in [3.8, 4) is 0 Å². The molecular formula is C21H27N3O. The Balaban J connectivity index is 1.70. The molecule has 0 unspecified atom stereocenters. The number of pyridine rings is 1. The molecule has 132 valence electrons. The first-order valence-electron chi connectivity index (χ1n) is 9.05. The molecule has 1 fully saturated rings. The maximum absolute atomic E-state index is 12.6. The van der Waals surface area contributed by atoms with Crippen molar-refractivity contribution in [2.75, 3.05) is 23.3 Å². The van der Waals surface area contributed by atoms with E-state index >= 15 is 0 Å². The Labute approximate surface area is 150 Å². The van der Waals surface area contributed by atoms with Gasteiger partial charge < -0.3 is 10.2 Å². The Hall–Kier alpha value is -2.36. The number of aromatic nitrogens is 1. The Morgan fingerprint density at radius 2 is 1.72 bits per heavy atom. The van der Waals surface area contributed by atoms with E-state index in [4.69, 9.17) is 0 Å². The van der Waals surface area contributed by atoms with Crippen LogP contribution in [0.2, 0.25) is 0 Å². The molecule has 1 aliphatic heterocycles. The van der Waals surface area contributed by atoms with E-state index in [2.05, 4.69) is 48.1 Å². The second-order valence-corrected chi connectivity index (χ2v) is 7.76. The Morgan fingerprint density at radius 3 is 2.36 bits per heavy atom. The van der Waals surface area contributed by atoms with Gasteiger partial charge >= 0.3 is 0 Å².